The Balaban J connectivity index is 1.84. The second kappa shape index (κ2) is 8.44. The molecule has 0 radical (unpaired) electrons. The van der Waals surface area contributed by atoms with Crippen molar-refractivity contribution in [3.8, 4) is 11.3 Å². The summed E-state index contributed by atoms with van der Waals surface area (Å²) in [6.45, 7) is 8.17. The van der Waals surface area contributed by atoms with Gasteiger partial charge in [-0.3, -0.25) is 0 Å². The molecule has 0 N–H and O–H groups in total. The lowest BCUT2D eigenvalue weighted by Gasteiger charge is -2.27. The number of pyridine rings is 1. The van der Waals surface area contributed by atoms with E-state index in [4.69, 9.17) is 0 Å². The van der Waals surface area contributed by atoms with Crippen LogP contribution in [0.3, 0.4) is 0 Å². The molecular formula is C29H23F7N2. The van der Waals surface area contributed by atoms with Crippen molar-refractivity contribution in [3.05, 3.63) is 88.2 Å². The monoisotopic (exact) mass is 532 g/mol. The number of aromatic nitrogens is 1. The fourth-order valence-electron chi connectivity index (χ4n) is 5.24. The highest BCUT2D eigenvalue weighted by atomic mass is 19.4. The summed E-state index contributed by atoms with van der Waals surface area (Å²) < 4.78 is 96.0. The summed E-state index contributed by atoms with van der Waals surface area (Å²) in [5, 5.41) is 0.542. The van der Waals surface area contributed by atoms with Crippen LogP contribution in [0, 0.1) is 19.7 Å². The van der Waals surface area contributed by atoms with E-state index in [2.05, 4.69) is 18.8 Å². The van der Waals surface area contributed by atoms with Gasteiger partial charge in [-0.2, -0.15) is 26.3 Å². The topological polar surface area (TPSA) is 16.1 Å². The molecular weight excluding hydrogens is 509 g/mol. The zero-order valence-corrected chi connectivity index (χ0v) is 20.9. The molecule has 0 fully saturated rings. The summed E-state index contributed by atoms with van der Waals surface area (Å²) in [6, 6.07) is 11.3. The van der Waals surface area contributed by atoms with E-state index in [9.17, 15) is 30.7 Å². The first-order chi connectivity index (χ1) is 17.6. The number of rotatable bonds is 2. The second-order valence-electron chi connectivity index (χ2n) is 10.4. The van der Waals surface area contributed by atoms with Crippen molar-refractivity contribution in [3.63, 3.8) is 0 Å². The van der Waals surface area contributed by atoms with E-state index < -0.39 is 29.3 Å². The summed E-state index contributed by atoms with van der Waals surface area (Å²) in [6.07, 6.45) is -10.0. The molecule has 1 aromatic heterocycles. The Morgan fingerprint density at radius 3 is 2.05 bits per heavy atom. The smallest absolute Gasteiger partial charge is 0.340 e. The Bertz CT molecular complexity index is 1550. The van der Waals surface area contributed by atoms with Gasteiger partial charge in [-0.05, 0) is 66.9 Å². The van der Waals surface area contributed by atoms with E-state index in [1.165, 1.54) is 12.1 Å². The number of anilines is 2. The Labute approximate surface area is 214 Å². The predicted molar refractivity (Wildman–Crippen MR) is 133 cm³/mol. The van der Waals surface area contributed by atoms with Gasteiger partial charge in [0.05, 0.1) is 28.0 Å². The molecule has 4 aromatic rings. The number of alkyl halides is 6. The Morgan fingerprint density at radius 2 is 1.45 bits per heavy atom. The van der Waals surface area contributed by atoms with E-state index in [0.29, 0.717) is 35.3 Å². The fourth-order valence-corrected chi connectivity index (χ4v) is 5.24. The third-order valence-electron chi connectivity index (χ3n) is 7.02. The number of benzene rings is 3. The number of nitrogens with zero attached hydrogens (tertiary/aromatic N) is 2. The van der Waals surface area contributed by atoms with Gasteiger partial charge in [0.15, 0.2) is 0 Å². The molecule has 9 heteroatoms. The first-order valence-electron chi connectivity index (χ1n) is 11.8. The van der Waals surface area contributed by atoms with E-state index in [0.717, 1.165) is 22.9 Å². The van der Waals surface area contributed by atoms with Crippen LogP contribution in [-0.4, -0.2) is 11.5 Å². The van der Waals surface area contributed by atoms with E-state index in [1.54, 1.807) is 6.92 Å². The number of fused-ring (bicyclic) bond motifs is 2. The van der Waals surface area contributed by atoms with E-state index >= 15 is 0 Å². The standard InChI is InChI=1S/C29H23F7N2/c1-15-5-8-22-24(9-15)38(14-27(22,3)4)26-16(2)25(37-23-13-20(30)6-7-21(23)26)17-10-18(28(31,32)33)12-19(11-17)29(34,35)36/h5-13H,14H2,1-4H3. The molecule has 2 nitrogen and oxygen atoms in total. The summed E-state index contributed by atoms with van der Waals surface area (Å²) in [4.78, 5) is 6.39. The quantitative estimate of drug-likeness (QED) is 0.239. The van der Waals surface area contributed by atoms with Crippen molar-refractivity contribution >= 4 is 22.3 Å². The van der Waals surface area contributed by atoms with E-state index in [1.807, 2.05) is 30.0 Å². The van der Waals surface area contributed by atoms with Crippen molar-refractivity contribution in [2.24, 2.45) is 0 Å². The summed E-state index contributed by atoms with van der Waals surface area (Å²) in [5.74, 6) is -0.622. The van der Waals surface area contributed by atoms with Crippen molar-refractivity contribution in [2.75, 3.05) is 11.4 Å². The summed E-state index contributed by atoms with van der Waals surface area (Å²) in [5.41, 5.74) is 0.400. The van der Waals surface area contributed by atoms with Crippen LogP contribution in [0.2, 0.25) is 0 Å². The van der Waals surface area contributed by atoms with Gasteiger partial charge in [0, 0.05) is 34.7 Å². The van der Waals surface area contributed by atoms with Gasteiger partial charge in [-0.1, -0.05) is 26.0 Å². The van der Waals surface area contributed by atoms with Gasteiger partial charge in [0.2, 0.25) is 0 Å². The molecule has 0 saturated carbocycles. The average molecular weight is 533 g/mol. The molecule has 2 heterocycles. The normalized spacial score (nSPS) is 15.3. The van der Waals surface area contributed by atoms with Crippen molar-refractivity contribution < 1.29 is 30.7 Å². The van der Waals surface area contributed by atoms with Crippen molar-refractivity contribution in [1.29, 1.82) is 0 Å². The van der Waals surface area contributed by atoms with Crippen LogP contribution in [0.25, 0.3) is 22.2 Å². The lowest BCUT2D eigenvalue weighted by molar-refractivity contribution is -0.143. The maximum absolute atomic E-state index is 14.3. The molecule has 38 heavy (non-hydrogen) atoms. The molecule has 3 aromatic carbocycles. The minimum absolute atomic E-state index is 0.0754. The minimum atomic E-state index is -5.01. The zero-order valence-electron chi connectivity index (χ0n) is 20.9. The molecule has 0 saturated heterocycles. The third-order valence-corrected chi connectivity index (χ3v) is 7.02. The summed E-state index contributed by atoms with van der Waals surface area (Å²) >= 11 is 0. The van der Waals surface area contributed by atoms with Gasteiger partial charge in [0.25, 0.3) is 0 Å². The molecule has 0 spiro atoms. The Morgan fingerprint density at radius 1 is 0.816 bits per heavy atom. The van der Waals surface area contributed by atoms with Crippen LogP contribution >= 0.6 is 0 Å². The van der Waals surface area contributed by atoms with Crippen LogP contribution in [-0.2, 0) is 17.8 Å². The highest BCUT2D eigenvalue weighted by Crippen LogP contribution is 2.49. The molecule has 0 amide bonds. The first kappa shape index (κ1) is 26.0. The van der Waals surface area contributed by atoms with Crippen LogP contribution < -0.4 is 4.90 Å². The lowest BCUT2D eigenvalue weighted by Crippen LogP contribution is -2.26. The molecule has 0 bridgehead atoms. The Hall–Kier alpha value is -3.62. The van der Waals surface area contributed by atoms with Crippen LogP contribution in [0.4, 0.5) is 42.1 Å². The van der Waals surface area contributed by atoms with E-state index in [-0.39, 0.29) is 28.3 Å². The maximum atomic E-state index is 14.3. The number of halogens is 7. The van der Waals surface area contributed by atoms with Crippen LogP contribution in [0.5, 0.6) is 0 Å². The minimum Gasteiger partial charge on any atom is -0.340 e. The highest BCUT2D eigenvalue weighted by molar-refractivity contribution is 5.99. The van der Waals surface area contributed by atoms with Gasteiger partial charge in [-0.15, -0.1) is 0 Å². The molecule has 1 aliphatic heterocycles. The molecule has 0 unspecified atom stereocenters. The SMILES string of the molecule is Cc1ccc2c(c1)N(c1c(C)c(-c3cc(C(F)(F)F)cc(C(F)(F)F)c3)nc3cc(F)ccc13)CC2(C)C. The molecule has 198 valence electrons. The van der Waals surface area contributed by atoms with Crippen LogP contribution in [0.1, 0.15) is 41.7 Å². The number of hydrogen-bond acceptors (Lipinski definition) is 2. The van der Waals surface area contributed by atoms with Crippen molar-refractivity contribution in [1.82, 2.24) is 4.98 Å². The van der Waals surface area contributed by atoms with Crippen molar-refractivity contribution in [2.45, 2.75) is 45.5 Å². The fraction of sp³-hybridized carbons (Fsp3) is 0.276. The van der Waals surface area contributed by atoms with Gasteiger partial charge in [-0.25, -0.2) is 9.37 Å². The molecule has 0 atom stereocenters. The van der Waals surface area contributed by atoms with Gasteiger partial charge in [0.1, 0.15) is 5.82 Å². The number of hydrogen-bond donors (Lipinski definition) is 0. The molecule has 5 rings (SSSR count). The summed E-state index contributed by atoms with van der Waals surface area (Å²) in [7, 11) is 0. The number of aryl methyl sites for hydroxylation is 1. The van der Waals surface area contributed by atoms with Gasteiger partial charge < -0.3 is 4.90 Å². The second-order valence-corrected chi connectivity index (χ2v) is 10.4. The zero-order chi connectivity index (χ0) is 27.8. The average Bonchev–Trinajstić information content (AvgIpc) is 3.06. The largest absolute Gasteiger partial charge is 0.416 e. The van der Waals surface area contributed by atoms with Crippen LogP contribution in [0.15, 0.2) is 54.6 Å². The Kier molecular flexibility index (Phi) is 5.78. The highest BCUT2D eigenvalue weighted by Gasteiger charge is 2.39. The first-order valence-corrected chi connectivity index (χ1v) is 11.8. The molecule has 0 aliphatic carbocycles. The molecule has 1 aliphatic rings. The lowest BCUT2D eigenvalue weighted by atomic mass is 9.87. The van der Waals surface area contributed by atoms with Gasteiger partial charge >= 0.3 is 12.4 Å². The predicted octanol–water partition coefficient (Wildman–Crippen LogP) is 9.12. The third kappa shape index (κ3) is 4.37. The maximum Gasteiger partial charge on any atom is 0.416 e.